The summed E-state index contributed by atoms with van der Waals surface area (Å²) in [6.07, 6.45) is 2.10. The van der Waals surface area contributed by atoms with Crippen LogP contribution in [0.25, 0.3) is 21.3 Å². The summed E-state index contributed by atoms with van der Waals surface area (Å²) in [6, 6.07) is 5.96. The predicted octanol–water partition coefficient (Wildman–Crippen LogP) is 3.44. The molecule has 0 radical (unpaired) electrons. The van der Waals surface area contributed by atoms with Crippen molar-refractivity contribution in [3.63, 3.8) is 0 Å². The van der Waals surface area contributed by atoms with Gasteiger partial charge in [0.25, 0.3) is 5.56 Å². The average Bonchev–Trinajstić information content (AvgIpc) is 3.12. The van der Waals surface area contributed by atoms with E-state index in [1.165, 1.54) is 34.4 Å². The van der Waals surface area contributed by atoms with E-state index in [9.17, 15) is 14.0 Å². The lowest BCUT2D eigenvalue weighted by atomic mass is 10.1. The Morgan fingerprint density at radius 2 is 2.07 bits per heavy atom. The average molecular weight is 418 g/mol. The number of hydrogen-bond donors (Lipinski definition) is 1. The molecule has 1 N–H and O–H groups in total. The Morgan fingerprint density at radius 1 is 1.31 bits per heavy atom. The van der Waals surface area contributed by atoms with Crippen molar-refractivity contribution in [1.82, 2.24) is 14.9 Å². The van der Waals surface area contributed by atoms with E-state index < -0.39 is 0 Å². The van der Waals surface area contributed by atoms with Crippen LogP contribution < -0.4 is 10.9 Å². The number of carbonyl (C=O) groups excluding carboxylic acids is 1. The van der Waals surface area contributed by atoms with E-state index in [1.807, 2.05) is 5.38 Å². The zero-order valence-electron chi connectivity index (χ0n) is 16.5. The first kappa shape index (κ1) is 21.1. The maximum absolute atomic E-state index is 13.2. The molecule has 0 fully saturated rings. The highest BCUT2D eigenvalue weighted by molar-refractivity contribution is 7.17. The van der Waals surface area contributed by atoms with Crippen molar-refractivity contribution in [3.05, 3.63) is 52.1 Å². The molecule has 0 aliphatic carbocycles. The van der Waals surface area contributed by atoms with Gasteiger partial charge in [-0.3, -0.25) is 14.2 Å². The largest absolute Gasteiger partial charge is 0.381 e. The molecule has 1 aromatic carbocycles. The molecule has 154 valence electrons. The standard InChI is InChI=1S/C21H24FN3O3S/c1-14(2)11-28-9-3-8-23-18(26)10-25-13-24-20-19(21(25)27)17(12-29-20)15-4-6-16(22)7-5-15/h4-7,12-14H,3,8-11H2,1-2H3,(H,23,26). The smallest absolute Gasteiger partial charge is 0.263 e. The predicted molar refractivity (Wildman–Crippen MR) is 113 cm³/mol. The quantitative estimate of drug-likeness (QED) is 0.541. The lowest BCUT2D eigenvalue weighted by molar-refractivity contribution is -0.121. The van der Waals surface area contributed by atoms with Crippen LogP contribution in [0.2, 0.25) is 0 Å². The fourth-order valence-electron chi connectivity index (χ4n) is 2.85. The first-order valence-electron chi connectivity index (χ1n) is 9.52. The van der Waals surface area contributed by atoms with E-state index in [0.717, 1.165) is 5.56 Å². The third-order valence-electron chi connectivity index (χ3n) is 4.27. The number of fused-ring (bicyclic) bond motifs is 1. The molecule has 0 aliphatic rings. The fraction of sp³-hybridized carbons (Fsp3) is 0.381. The van der Waals surface area contributed by atoms with E-state index in [-0.39, 0.29) is 23.8 Å². The molecule has 29 heavy (non-hydrogen) atoms. The summed E-state index contributed by atoms with van der Waals surface area (Å²) in [5, 5.41) is 5.07. The SMILES string of the molecule is CC(C)COCCCNC(=O)Cn1cnc2scc(-c3ccc(F)cc3)c2c1=O. The highest BCUT2D eigenvalue weighted by atomic mass is 32.1. The van der Waals surface area contributed by atoms with Gasteiger partial charge in [0, 0.05) is 30.7 Å². The number of ether oxygens (including phenoxy) is 1. The Bertz CT molecular complexity index is 1030. The number of hydrogen-bond acceptors (Lipinski definition) is 5. The van der Waals surface area contributed by atoms with Gasteiger partial charge in [0.1, 0.15) is 17.2 Å². The molecular formula is C21H24FN3O3S. The topological polar surface area (TPSA) is 73.2 Å². The molecule has 0 spiro atoms. The van der Waals surface area contributed by atoms with E-state index >= 15 is 0 Å². The molecule has 0 atom stereocenters. The number of rotatable bonds is 9. The monoisotopic (exact) mass is 417 g/mol. The second-order valence-electron chi connectivity index (χ2n) is 7.19. The molecule has 6 nitrogen and oxygen atoms in total. The van der Waals surface area contributed by atoms with Crippen LogP contribution >= 0.6 is 11.3 Å². The van der Waals surface area contributed by atoms with Gasteiger partial charge in [0.2, 0.25) is 5.91 Å². The minimum absolute atomic E-state index is 0.104. The third kappa shape index (κ3) is 5.48. The van der Waals surface area contributed by atoms with Gasteiger partial charge < -0.3 is 10.1 Å². The zero-order valence-corrected chi connectivity index (χ0v) is 17.3. The first-order valence-corrected chi connectivity index (χ1v) is 10.4. The minimum Gasteiger partial charge on any atom is -0.381 e. The van der Waals surface area contributed by atoms with Crippen molar-refractivity contribution in [3.8, 4) is 11.1 Å². The van der Waals surface area contributed by atoms with Crippen molar-refractivity contribution in [2.75, 3.05) is 19.8 Å². The van der Waals surface area contributed by atoms with Crippen LogP contribution in [0.15, 0.2) is 40.8 Å². The summed E-state index contributed by atoms with van der Waals surface area (Å²) in [5.74, 6) is -0.110. The van der Waals surface area contributed by atoms with Crippen LogP contribution in [0.1, 0.15) is 20.3 Å². The number of aromatic nitrogens is 2. The van der Waals surface area contributed by atoms with Gasteiger partial charge in [-0.1, -0.05) is 26.0 Å². The van der Waals surface area contributed by atoms with Gasteiger partial charge in [0.15, 0.2) is 0 Å². The lowest BCUT2D eigenvalue weighted by Gasteiger charge is -2.09. The number of thiophene rings is 1. The van der Waals surface area contributed by atoms with Crippen molar-refractivity contribution < 1.29 is 13.9 Å². The zero-order chi connectivity index (χ0) is 20.8. The molecule has 0 saturated carbocycles. The number of benzene rings is 1. The van der Waals surface area contributed by atoms with E-state index in [1.54, 1.807) is 12.1 Å². The van der Waals surface area contributed by atoms with Gasteiger partial charge in [-0.05, 0) is 30.0 Å². The number of nitrogens with zero attached hydrogens (tertiary/aromatic N) is 2. The number of amides is 1. The van der Waals surface area contributed by atoms with Gasteiger partial charge in [0.05, 0.1) is 11.7 Å². The van der Waals surface area contributed by atoms with Gasteiger partial charge in [-0.15, -0.1) is 11.3 Å². The van der Waals surface area contributed by atoms with Crippen LogP contribution in [-0.2, 0) is 16.1 Å². The Kier molecular flexibility index (Phi) is 7.11. The molecule has 0 unspecified atom stereocenters. The summed E-state index contributed by atoms with van der Waals surface area (Å²) in [5.41, 5.74) is 1.14. The molecule has 2 aromatic heterocycles. The highest BCUT2D eigenvalue weighted by Crippen LogP contribution is 2.30. The van der Waals surface area contributed by atoms with Crippen molar-refractivity contribution in [1.29, 1.82) is 0 Å². The summed E-state index contributed by atoms with van der Waals surface area (Å²) in [6.45, 7) is 5.83. The summed E-state index contributed by atoms with van der Waals surface area (Å²) in [7, 11) is 0. The fourth-order valence-corrected chi connectivity index (χ4v) is 3.76. The maximum atomic E-state index is 13.2. The van der Waals surface area contributed by atoms with E-state index in [2.05, 4.69) is 24.1 Å². The van der Waals surface area contributed by atoms with E-state index in [0.29, 0.717) is 47.9 Å². The molecule has 0 saturated heterocycles. The molecule has 0 aliphatic heterocycles. The second-order valence-corrected chi connectivity index (χ2v) is 8.04. The molecule has 3 rings (SSSR count). The van der Waals surface area contributed by atoms with E-state index in [4.69, 9.17) is 4.74 Å². The molecule has 3 aromatic rings. The first-order chi connectivity index (χ1) is 14.0. The summed E-state index contributed by atoms with van der Waals surface area (Å²) >= 11 is 1.35. The second kappa shape index (κ2) is 9.76. The molecular weight excluding hydrogens is 393 g/mol. The van der Waals surface area contributed by atoms with Crippen LogP contribution in [-0.4, -0.2) is 35.2 Å². The molecule has 1 amide bonds. The minimum atomic E-state index is -0.338. The van der Waals surface area contributed by atoms with Crippen molar-refractivity contribution in [2.45, 2.75) is 26.8 Å². The van der Waals surface area contributed by atoms with Crippen LogP contribution in [0.4, 0.5) is 4.39 Å². The van der Waals surface area contributed by atoms with Crippen molar-refractivity contribution in [2.24, 2.45) is 5.92 Å². The summed E-state index contributed by atoms with van der Waals surface area (Å²) < 4.78 is 20.0. The molecule has 2 heterocycles. The third-order valence-corrected chi connectivity index (χ3v) is 5.16. The van der Waals surface area contributed by atoms with Gasteiger partial charge in [-0.25, -0.2) is 9.37 Å². The van der Waals surface area contributed by atoms with Gasteiger partial charge in [-0.2, -0.15) is 0 Å². The summed E-state index contributed by atoms with van der Waals surface area (Å²) in [4.78, 5) is 30.0. The lowest BCUT2D eigenvalue weighted by Crippen LogP contribution is -2.33. The Hall–Kier alpha value is -2.58. The Balaban J connectivity index is 1.67. The van der Waals surface area contributed by atoms with Crippen molar-refractivity contribution >= 4 is 27.5 Å². The van der Waals surface area contributed by atoms with Crippen LogP contribution in [0, 0.1) is 11.7 Å². The Labute approximate surface area is 172 Å². The maximum Gasteiger partial charge on any atom is 0.263 e. The normalized spacial score (nSPS) is 11.3. The van der Waals surface area contributed by atoms with Crippen LogP contribution in [0.5, 0.6) is 0 Å². The highest BCUT2D eigenvalue weighted by Gasteiger charge is 2.14. The number of carbonyl (C=O) groups is 1. The number of nitrogens with one attached hydrogen (secondary N) is 1. The van der Waals surface area contributed by atoms with Crippen LogP contribution in [0.3, 0.4) is 0 Å². The molecule has 0 bridgehead atoms. The Morgan fingerprint density at radius 3 is 2.79 bits per heavy atom. The van der Waals surface area contributed by atoms with Gasteiger partial charge >= 0.3 is 0 Å². The number of halogens is 1. The molecule has 8 heteroatoms.